The Hall–Kier alpha value is -0.0800. The Kier molecular flexibility index (Phi) is 1.86. The quantitative estimate of drug-likeness (QED) is 0.481. The highest BCUT2D eigenvalue weighted by atomic mass is 15.1. The fourth-order valence-corrected chi connectivity index (χ4v) is 0.919. The van der Waals surface area contributed by atoms with Gasteiger partial charge in [0.25, 0.3) is 0 Å². The Morgan fingerprint density at radius 1 is 1.38 bits per heavy atom. The number of hydrogen-bond acceptors (Lipinski definition) is 2. The second kappa shape index (κ2) is 2.46. The zero-order valence-corrected chi connectivity index (χ0v) is 5.01. The molecule has 1 aliphatic rings. The van der Waals surface area contributed by atoms with Crippen LogP contribution in [-0.2, 0) is 0 Å². The highest BCUT2D eigenvalue weighted by Crippen LogP contribution is 2.05. The number of nitrogens with zero attached hydrogens (tertiary/aromatic N) is 1. The third kappa shape index (κ3) is 1.46. The highest BCUT2D eigenvalue weighted by Gasteiger charge is 2.11. The van der Waals surface area contributed by atoms with Gasteiger partial charge < -0.3 is 5.73 Å². The van der Waals surface area contributed by atoms with Crippen molar-refractivity contribution in [3.63, 3.8) is 0 Å². The van der Waals surface area contributed by atoms with Crippen molar-refractivity contribution < 1.29 is 0 Å². The standard InChI is InChI=1S/C6H12N2/c1-8-4-2-6(7)3-5-8/h1,6H,2-5,7H2. The van der Waals surface area contributed by atoms with Gasteiger partial charge in [0.2, 0.25) is 0 Å². The molecule has 8 heavy (non-hydrogen) atoms. The van der Waals surface area contributed by atoms with Gasteiger partial charge in [-0.15, -0.1) is 0 Å². The first-order valence-electron chi connectivity index (χ1n) is 3.04. The van der Waals surface area contributed by atoms with Crippen molar-refractivity contribution in [3.05, 3.63) is 7.05 Å². The summed E-state index contributed by atoms with van der Waals surface area (Å²) in [7, 11) is 5.47. The van der Waals surface area contributed by atoms with E-state index in [1.807, 2.05) is 4.90 Å². The van der Waals surface area contributed by atoms with Crippen LogP contribution in [0.4, 0.5) is 0 Å². The third-order valence-electron chi connectivity index (χ3n) is 1.57. The first-order valence-corrected chi connectivity index (χ1v) is 3.04. The van der Waals surface area contributed by atoms with Crippen LogP contribution in [0.5, 0.6) is 0 Å². The van der Waals surface area contributed by atoms with E-state index in [1.54, 1.807) is 0 Å². The van der Waals surface area contributed by atoms with E-state index < -0.39 is 0 Å². The minimum atomic E-state index is 0.398. The Labute approximate surface area is 50.7 Å². The Morgan fingerprint density at radius 2 is 1.88 bits per heavy atom. The molecule has 0 unspecified atom stereocenters. The molecule has 46 valence electrons. The summed E-state index contributed by atoms with van der Waals surface area (Å²) in [6.07, 6.45) is 2.10. The molecule has 0 aromatic carbocycles. The molecule has 1 fully saturated rings. The Bertz CT molecular complexity index is 54.9. The van der Waals surface area contributed by atoms with Crippen LogP contribution >= 0.6 is 0 Å². The summed E-state index contributed by atoms with van der Waals surface area (Å²) in [5, 5.41) is 0. The molecule has 0 saturated carbocycles. The maximum absolute atomic E-state index is 5.61. The molecule has 0 aromatic rings. The van der Waals surface area contributed by atoms with Crippen molar-refractivity contribution in [1.29, 1.82) is 0 Å². The molecule has 0 aliphatic carbocycles. The zero-order chi connectivity index (χ0) is 5.98. The average molecular weight is 112 g/mol. The van der Waals surface area contributed by atoms with Crippen molar-refractivity contribution >= 4 is 0 Å². The molecule has 0 bridgehead atoms. The summed E-state index contributed by atoms with van der Waals surface area (Å²) < 4.78 is 0. The first-order chi connectivity index (χ1) is 3.79. The second-order valence-electron chi connectivity index (χ2n) is 2.37. The van der Waals surface area contributed by atoms with E-state index in [0.717, 1.165) is 25.9 Å². The number of nitrogens with two attached hydrogens (primary N) is 1. The molecule has 2 heteroatoms. The van der Waals surface area contributed by atoms with Gasteiger partial charge in [0.05, 0.1) is 0 Å². The average Bonchev–Trinajstić information content (AvgIpc) is 1.77. The predicted molar refractivity (Wildman–Crippen MR) is 33.1 cm³/mol. The van der Waals surface area contributed by atoms with Gasteiger partial charge in [-0.1, -0.05) is 0 Å². The highest BCUT2D eigenvalue weighted by molar-refractivity contribution is 4.72. The van der Waals surface area contributed by atoms with E-state index in [-0.39, 0.29) is 0 Å². The topological polar surface area (TPSA) is 29.3 Å². The second-order valence-corrected chi connectivity index (χ2v) is 2.37. The van der Waals surface area contributed by atoms with E-state index in [1.165, 1.54) is 0 Å². The molecule has 1 aliphatic heterocycles. The van der Waals surface area contributed by atoms with Gasteiger partial charge in [0.15, 0.2) is 0 Å². The fraction of sp³-hybridized carbons (Fsp3) is 0.833. The van der Waals surface area contributed by atoms with Gasteiger partial charge in [0, 0.05) is 26.2 Å². The summed E-state index contributed by atoms with van der Waals surface area (Å²) in [5.74, 6) is 0. The van der Waals surface area contributed by atoms with Crippen LogP contribution in [0.2, 0.25) is 0 Å². The van der Waals surface area contributed by atoms with Crippen molar-refractivity contribution in [2.75, 3.05) is 13.1 Å². The van der Waals surface area contributed by atoms with Gasteiger partial charge in [-0.25, -0.2) is 0 Å². The smallest absolute Gasteiger partial charge is 0.0438 e. The van der Waals surface area contributed by atoms with Crippen LogP contribution in [0.1, 0.15) is 12.8 Å². The van der Waals surface area contributed by atoms with Crippen molar-refractivity contribution in [3.8, 4) is 0 Å². The lowest BCUT2D eigenvalue weighted by Crippen LogP contribution is -2.36. The van der Waals surface area contributed by atoms with Crippen LogP contribution in [0.25, 0.3) is 0 Å². The number of likely N-dealkylation sites (tertiary alicyclic amines) is 1. The first kappa shape index (κ1) is 6.05. The molecule has 2 N–H and O–H groups in total. The molecule has 1 rings (SSSR count). The van der Waals surface area contributed by atoms with E-state index in [2.05, 4.69) is 0 Å². The SMILES string of the molecule is [CH]N1CCC(N)CC1. The molecule has 0 atom stereocenters. The van der Waals surface area contributed by atoms with Crippen LogP contribution in [0.3, 0.4) is 0 Å². The minimum absolute atomic E-state index is 0.398. The Balaban J connectivity index is 2.19. The van der Waals surface area contributed by atoms with E-state index in [0.29, 0.717) is 6.04 Å². The third-order valence-corrected chi connectivity index (χ3v) is 1.57. The van der Waals surface area contributed by atoms with E-state index in [9.17, 15) is 0 Å². The molecule has 0 aromatic heterocycles. The minimum Gasteiger partial charge on any atom is -0.328 e. The summed E-state index contributed by atoms with van der Waals surface area (Å²) in [5.41, 5.74) is 5.61. The van der Waals surface area contributed by atoms with Gasteiger partial charge in [-0.05, 0) is 12.8 Å². The van der Waals surface area contributed by atoms with Crippen molar-refractivity contribution in [2.45, 2.75) is 18.9 Å². The van der Waals surface area contributed by atoms with Gasteiger partial charge in [0.1, 0.15) is 0 Å². The van der Waals surface area contributed by atoms with Gasteiger partial charge in [-0.2, -0.15) is 0 Å². The normalized spacial score (nSPS) is 26.2. The molecule has 0 amide bonds. The predicted octanol–water partition coefficient (Wildman–Crippen LogP) is 0.0781. The Morgan fingerprint density at radius 3 is 2.25 bits per heavy atom. The molecular weight excluding hydrogens is 100 g/mol. The maximum atomic E-state index is 5.61. The lowest BCUT2D eigenvalue weighted by molar-refractivity contribution is 0.281. The van der Waals surface area contributed by atoms with Crippen LogP contribution in [0.15, 0.2) is 0 Å². The van der Waals surface area contributed by atoms with Crippen LogP contribution < -0.4 is 5.73 Å². The van der Waals surface area contributed by atoms with Crippen molar-refractivity contribution in [1.82, 2.24) is 4.90 Å². The molecule has 1 saturated heterocycles. The summed E-state index contributed by atoms with van der Waals surface area (Å²) in [6.45, 7) is 1.92. The number of rotatable bonds is 0. The fourth-order valence-electron chi connectivity index (χ4n) is 0.919. The monoisotopic (exact) mass is 112 g/mol. The zero-order valence-electron chi connectivity index (χ0n) is 5.01. The van der Waals surface area contributed by atoms with Gasteiger partial charge >= 0.3 is 0 Å². The van der Waals surface area contributed by atoms with Gasteiger partial charge in [-0.3, -0.25) is 4.90 Å². The van der Waals surface area contributed by atoms with Crippen LogP contribution in [-0.4, -0.2) is 24.0 Å². The van der Waals surface area contributed by atoms with E-state index >= 15 is 0 Å². The lowest BCUT2D eigenvalue weighted by Gasteiger charge is -2.25. The largest absolute Gasteiger partial charge is 0.328 e. The summed E-state index contributed by atoms with van der Waals surface area (Å²) >= 11 is 0. The molecule has 0 spiro atoms. The summed E-state index contributed by atoms with van der Waals surface area (Å²) in [6, 6.07) is 0.398. The molecule has 2 radical (unpaired) electrons. The number of hydrogen-bond donors (Lipinski definition) is 1. The van der Waals surface area contributed by atoms with Crippen LogP contribution in [0, 0.1) is 7.05 Å². The molecular formula is C6H12N2. The molecule has 2 nitrogen and oxygen atoms in total. The van der Waals surface area contributed by atoms with Crippen molar-refractivity contribution in [2.24, 2.45) is 5.73 Å². The lowest BCUT2D eigenvalue weighted by atomic mass is 10.1. The number of piperidine rings is 1. The molecule has 1 heterocycles. The maximum Gasteiger partial charge on any atom is 0.0438 e. The summed E-state index contributed by atoms with van der Waals surface area (Å²) in [4.78, 5) is 1.82. The van der Waals surface area contributed by atoms with E-state index in [4.69, 9.17) is 12.8 Å².